The van der Waals surface area contributed by atoms with Gasteiger partial charge in [-0.1, -0.05) is 6.92 Å². The summed E-state index contributed by atoms with van der Waals surface area (Å²) < 4.78 is 15.4. The zero-order chi connectivity index (χ0) is 24.0. The Hall–Kier alpha value is -3.82. The molecular weight excluding hydrogens is 430 g/mol. The van der Waals surface area contributed by atoms with Crippen LogP contribution in [0, 0.1) is 16.0 Å². The number of hydrogen-bond acceptors (Lipinski definition) is 8. The number of benzene rings is 2. The third-order valence-electron chi connectivity index (χ3n) is 5.42. The summed E-state index contributed by atoms with van der Waals surface area (Å²) in [6, 6.07) is 9.11. The summed E-state index contributed by atoms with van der Waals surface area (Å²) in [5, 5.41) is 14.2. The maximum atomic E-state index is 12.5. The molecule has 1 fully saturated rings. The highest BCUT2D eigenvalue weighted by molar-refractivity contribution is 5.97. The summed E-state index contributed by atoms with van der Waals surface area (Å²) in [6.45, 7) is 2.98. The van der Waals surface area contributed by atoms with E-state index >= 15 is 0 Å². The van der Waals surface area contributed by atoms with Crippen molar-refractivity contribution in [3.8, 4) is 11.5 Å². The normalized spacial score (nSPS) is 15.5. The lowest BCUT2D eigenvalue weighted by atomic mass is 9.99. The van der Waals surface area contributed by atoms with Crippen LogP contribution in [0.25, 0.3) is 0 Å². The Labute approximate surface area is 191 Å². The number of nitro groups is 1. The van der Waals surface area contributed by atoms with Gasteiger partial charge in [0.15, 0.2) is 6.61 Å². The van der Waals surface area contributed by atoms with Crippen molar-refractivity contribution >= 4 is 28.9 Å². The van der Waals surface area contributed by atoms with Crippen LogP contribution >= 0.6 is 0 Å². The Balaban J connectivity index is 1.67. The summed E-state index contributed by atoms with van der Waals surface area (Å²) in [6.07, 6.45) is 2.04. The van der Waals surface area contributed by atoms with Crippen LogP contribution in [0.3, 0.4) is 0 Å². The average molecular weight is 457 g/mol. The molecule has 10 heteroatoms. The number of anilines is 2. The molecule has 10 nitrogen and oxygen atoms in total. The minimum absolute atomic E-state index is 0.00210. The lowest BCUT2D eigenvalue weighted by Gasteiger charge is -2.32. The fourth-order valence-electron chi connectivity index (χ4n) is 3.78. The number of piperidine rings is 1. The number of hydrogen-bond donors (Lipinski definition) is 1. The van der Waals surface area contributed by atoms with Crippen molar-refractivity contribution < 1.29 is 28.7 Å². The Morgan fingerprint density at radius 2 is 1.97 bits per heavy atom. The van der Waals surface area contributed by atoms with E-state index in [0.29, 0.717) is 28.8 Å². The van der Waals surface area contributed by atoms with E-state index in [2.05, 4.69) is 12.2 Å². The van der Waals surface area contributed by atoms with E-state index in [4.69, 9.17) is 14.2 Å². The van der Waals surface area contributed by atoms with Crippen LogP contribution in [0.15, 0.2) is 36.4 Å². The summed E-state index contributed by atoms with van der Waals surface area (Å²) in [7, 11) is 2.95. The molecule has 0 radical (unpaired) electrons. The van der Waals surface area contributed by atoms with Crippen LogP contribution in [0.4, 0.5) is 17.1 Å². The van der Waals surface area contributed by atoms with Gasteiger partial charge in [-0.3, -0.25) is 14.9 Å². The summed E-state index contributed by atoms with van der Waals surface area (Å²) in [5.74, 6) is -0.0650. The minimum Gasteiger partial charge on any atom is -0.497 e. The number of amides is 1. The summed E-state index contributed by atoms with van der Waals surface area (Å²) in [5.41, 5.74) is 0.672. The van der Waals surface area contributed by atoms with E-state index in [-0.39, 0.29) is 11.3 Å². The Kier molecular flexibility index (Phi) is 7.70. The predicted molar refractivity (Wildman–Crippen MR) is 122 cm³/mol. The van der Waals surface area contributed by atoms with Gasteiger partial charge in [0.2, 0.25) is 0 Å². The minimum atomic E-state index is -0.829. The first-order valence-corrected chi connectivity index (χ1v) is 10.5. The molecule has 1 N–H and O–H groups in total. The number of esters is 1. The van der Waals surface area contributed by atoms with Gasteiger partial charge in [0, 0.05) is 25.2 Å². The molecule has 33 heavy (non-hydrogen) atoms. The van der Waals surface area contributed by atoms with Gasteiger partial charge < -0.3 is 24.4 Å². The first-order chi connectivity index (χ1) is 15.8. The van der Waals surface area contributed by atoms with Crippen LogP contribution < -0.4 is 19.7 Å². The fraction of sp³-hybridized carbons (Fsp3) is 0.391. The molecule has 0 aromatic heterocycles. The third-order valence-corrected chi connectivity index (χ3v) is 5.42. The lowest BCUT2D eigenvalue weighted by Crippen LogP contribution is -2.34. The van der Waals surface area contributed by atoms with E-state index in [1.165, 1.54) is 26.4 Å². The SMILES string of the molecule is COc1ccc(OC)c(NC(=O)COC(=O)c2ccc(N3CCCC(C)C3)c([N+](=O)[O-])c2)c1. The molecule has 0 aliphatic carbocycles. The van der Waals surface area contributed by atoms with Crippen LogP contribution in [0.1, 0.15) is 30.1 Å². The van der Waals surface area contributed by atoms with E-state index in [0.717, 1.165) is 25.9 Å². The van der Waals surface area contributed by atoms with Crippen LogP contribution in [-0.2, 0) is 9.53 Å². The second kappa shape index (κ2) is 10.7. The number of ether oxygens (including phenoxy) is 3. The average Bonchev–Trinajstić information content (AvgIpc) is 2.82. The largest absolute Gasteiger partial charge is 0.497 e. The van der Waals surface area contributed by atoms with Crippen LogP contribution in [0.2, 0.25) is 0 Å². The summed E-state index contributed by atoms with van der Waals surface area (Å²) >= 11 is 0. The van der Waals surface area contributed by atoms with Crippen molar-refractivity contribution in [2.75, 3.05) is 44.1 Å². The molecule has 2 aromatic rings. The first kappa shape index (κ1) is 23.8. The number of nitrogens with zero attached hydrogens (tertiary/aromatic N) is 2. The van der Waals surface area contributed by atoms with Crippen LogP contribution in [-0.4, -0.2) is 50.7 Å². The van der Waals surface area contributed by atoms with E-state index in [9.17, 15) is 19.7 Å². The predicted octanol–water partition coefficient (Wildman–Crippen LogP) is 3.64. The van der Waals surface area contributed by atoms with Crippen molar-refractivity contribution in [3.63, 3.8) is 0 Å². The van der Waals surface area contributed by atoms with Crippen molar-refractivity contribution in [2.24, 2.45) is 5.92 Å². The fourth-order valence-corrected chi connectivity index (χ4v) is 3.78. The molecule has 1 unspecified atom stereocenters. The standard InChI is InChI=1S/C23H27N3O7/c1-15-5-4-10-25(13-15)19-8-6-16(11-20(19)26(29)30)23(28)33-14-22(27)24-18-12-17(31-2)7-9-21(18)32-3/h6-9,11-12,15H,4-5,10,13-14H2,1-3H3,(H,24,27). The van der Waals surface area contributed by atoms with Crippen LogP contribution in [0.5, 0.6) is 11.5 Å². The maximum absolute atomic E-state index is 12.5. The quantitative estimate of drug-likeness (QED) is 0.362. The molecular formula is C23H27N3O7. The highest BCUT2D eigenvalue weighted by Gasteiger charge is 2.25. The van der Waals surface area contributed by atoms with Gasteiger partial charge >= 0.3 is 5.97 Å². The molecule has 1 atom stereocenters. The first-order valence-electron chi connectivity index (χ1n) is 10.5. The molecule has 176 valence electrons. The van der Waals surface area contributed by atoms with E-state index < -0.39 is 23.4 Å². The van der Waals surface area contributed by atoms with Crippen molar-refractivity contribution in [3.05, 3.63) is 52.1 Å². The van der Waals surface area contributed by atoms with Crippen molar-refractivity contribution in [1.29, 1.82) is 0 Å². The van der Waals surface area contributed by atoms with Gasteiger partial charge in [-0.2, -0.15) is 0 Å². The topological polar surface area (TPSA) is 120 Å². The number of carbonyl (C=O) groups excluding carboxylic acids is 2. The van der Waals surface area contributed by atoms with Gasteiger partial charge in [-0.25, -0.2) is 4.79 Å². The summed E-state index contributed by atoms with van der Waals surface area (Å²) in [4.78, 5) is 37.8. The Bertz CT molecular complexity index is 1040. The van der Waals surface area contributed by atoms with Gasteiger partial charge in [0.25, 0.3) is 11.6 Å². The lowest BCUT2D eigenvalue weighted by molar-refractivity contribution is -0.384. The molecule has 0 saturated carbocycles. The maximum Gasteiger partial charge on any atom is 0.338 e. The number of carbonyl (C=O) groups is 2. The van der Waals surface area contributed by atoms with Crippen molar-refractivity contribution in [1.82, 2.24) is 0 Å². The highest BCUT2D eigenvalue weighted by Crippen LogP contribution is 2.33. The van der Waals surface area contributed by atoms with Gasteiger partial charge in [0.1, 0.15) is 17.2 Å². The molecule has 3 rings (SSSR count). The number of rotatable bonds is 8. The zero-order valence-electron chi connectivity index (χ0n) is 18.8. The second-order valence-corrected chi connectivity index (χ2v) is 7.84. The van der Waals surface area contributed by atoms with Crippen molar-refractivity contribution in [2.45, 2.75) is 19.8 Å². The second-order valence-electron chi connectivity index (χ2n) is 7.84. The van der Waals surface area contributed by atoms with Gasteiger partial charge in [-0.15, -0.1) is 0 Å². The van der Waals surface area contributed by atoms with E-state index in [1.807, 2.05) is 4.90 Å². The molecule has 1 heterocycles. The number of nitro benzene ring substituents is 1. The van der Waals surface area contributed by atoms with Gasteiger partial charge in [0.05, 0.1) is 30.4 Å². The number of nitrogens with one attached hydrogen (secondary N) is 1. The molecule has 1 aliphatic heterocycles. The van der Waals surface area contributed by atoms with Gasteiger partial charge in [-0.05, 0) is 43.0 Å². The Morgan fingerprint density at radius 3 is 2.64 bits per heavy atom. The molecule has 1 amide bonds. The number of methoxy groups -OCH3 is 2. The molecule has 0 bridgehead atoms. The zero-order valence-corrected chi connectivity index (χ0v) is 18.8. The molecule has 1 saturated heterocycles. The monoisotopic (exact) mass is 457 g/mol. The van der Waals surface area contributed by atoms with E-state index in [1.54, 1.807) is 24.3 Å². The molecule has 0 spiro atoms. The highest BCUT2D eigenvalue weighted by atomic mass is 16.6. The molecule has 1 aliphatic rings. The third kappa shape index (κ3) is 5.91. The molecule has 2 aromatic carbocycles. The smallest absolute Gasteiger partial charge is 0.338 e. The Morgan fingerprint density at radius 1 is 1.18 bits per heavy atom.